The maximum absolute atomic E-state index is 3.96. The predicted octanol–water partition coefficient (Wildman–Crippen LogP) is 3.33. The van der Waals surface area contributed by atoms with E-state index in [4.69, 9.17) is 0 Å². The second-order valence-electron chi connectivity index (χ2n) is 3.30. The number of aromatic nitrogens is 4. The van der Waals surface area contributed by atoms with Crippen molar-refractivity contribution in [2.24, 2.45) is 0 Å². The molecular weight excluding hydrogens is 200 g/mol. The fourth-order valence-corrected chi connectivity index (χ4v) is 1.09. The number of nitrogens with zero attached hydrogens (tertiary/aromatic N) is 2. The third kappa shape index (κ3) is 6.01. The van der Waals surface area contributed by atoms with Gasteiger partial charge in [-0.25, -0.2) is 9.97 Å². The van der Waals surface area contributed by atoms with Crippen molar-refractivity contribution in [3.63, 3.8) is 0 Å². The normalized spacial score (nSPS) is 8.25. The molecule has 0 amide bonds. The number of hydrogen-bond acceptors (Lipinski definition) is 2. The molecule has 92 valence electrons. The molecular formula is C12H24N4. The van der Waals surface area contributed by atoms with E-state index in [0.29, 0.717) is 0 Å². The summed E-state index contributed by atoms with van der Waals surface area (Å²) in [6.07, 6.45) is 3.63. The van der Waals surface area contributed by atoms with Crippen LogP contribution in [0.3, 0.4) is 0 Å². The van der Waals surface area contributed by atoms with E-state index in [2.05, 4.69) is 19.9 Å². The van der Waals surface area contributed by atoms with E-state index < -0.39 is 0 Å². The van der Waals surface area contributed by atoms with Crippen LogP contribution in [0.1, 0.15) is 37.9 Å². The zero-order chi connectivity index (χ0) is 10.6. The molecule has 0 saturated carbocycles. The first-order valence-corrected chi connectivity index (χ1v) is 4.54. The van der Waals surface area contributed by atoms with Crippen LogP contribution in [-0.2, 0) is 0 Å². The van der Waals surface area contributed by atoms with Gasteiger partial charge in [-0.05, 0) is 27.7 Å². The first kappa shape index (κ1) is 16.8. The Balaban J connectivity index is 0. The Bertz CT molecular complexity index is 316. The van der Waals surface area contributed by atoms with Crippen molar-refractivity contribution in [2.45, 2.75) is 42.5 Å². The molecule has 0 aromatic carbocycles. The summed E-state index contributed by atoms with van der Waals surface area (Å²) in [7, 11) is 0. The van der Waals surface area contributed by atoms with Gasteiger partial charge in [-0.15, -0.1) is 0 Å². The van der Waals surface area contributed by atoms with Crippen LogP contribution in [0.25, 0.3) is 0 Å². The highest BCUT2D eigenvalue weighted by Crippen LogP contribution is 1.90. The van der Waals surface area contributed by atoms with Crippen LogP contribution in [0, 0.1) is 27.7 Å². The highest BCUT2D eigenvalue weighted by Gasteiger charge is 1.84. The Morgan fingerprint density at radius 3 is 1.12 bits per heavy atom. The minimum Gasteiger partial charge on any atom is -0.346 e. The van der Waals surface area contributed by atoms with Gasteiger partial charge in [-0.3, -0.25) is 0 Å². The summed E-state index contributed by atoms with van der Waals surface area (Å²) in [4.78, 5) is 14.0. The molecule has 0 bridgehead atoms. The molecule has 2 heterocycles. The fourth-order valence-electron chi connectivity index (χ4n) is 1.09. The number of H-pyrrole nitrogens is 2. The molecule has 2 rings (SSSR count). The molecule has 0 radical (unpaired) electrons. The lowest BCUT2D eigenvalue weighted by atomic mass is 10.6. The summed E-state index contributed by atoms with van der Waals surface area (Å²) >= 11 is 0. The van der Waals surface area contributed by atoms with Gasteiger partial charge in [0.1, 0.15) is 11.6 Å². The zero-order valence-electron chi connectivity index (χ0n) is 9.05. The summed E-state index contributed by atoms with van der Waals surface area (Å²) in [6.45, 7) is 7.85. The largest absolute Gasteiger partial charge is 0.346 e. The molecule has 0 saturated heterocycles. The van der Waals surface area contributed by atoms with Crippen LogP contribution < -0.4 is 0 Å². The lowest BCUT2D eigenvalue weighted by molar-refractivity contribution is 1.13. The van der Waals surface area contributed by atoms with Crippen molar-refractivity contribution in [3.8, 4) is 0 Å². The molecule has 0 atom stereocenters. The Morgan fingerprint density at radius 1 is 0.750 bits per heavy atom. The molecule has 4 heteroatoms. The van der Waals surface area contributed by atoms with Gasteiger partial charge in [0.05, 0.1) is 0 Å². The van der Waals surface area contributed by atoms with Crippen LogP contribution in [0.5, 0.6) is 0 Å². The lowest BCUT2D eigenvalue weighted by Crippen LogP contribution is -1.70. The molecule has 0 aliphatic heterocycles. The van der Waals surface area contributed by atoms with Gasteiger partial charge in [0, 0.05) is 23.8 Å². The third-order valence-electron chi connectivity index (χ3n) is 1.66. The first-order valence-electron chi connectivity index (χ1n) is 4.54. The van der Waals surface area contributed by atoms with Crippen LogP contribution in [0.2, 0.25) is 0 Å². The molecule has 2 aromatic rings. The fraction of sp³-hybridized carbons (Fsp3) is 0.500. The van der Waals surface area contributed by atoms with Crippen LogP contribution in [0.15, 0.2) is 12.4 Å². The summed E-state index contributed by atoms with van der Waals surface area (Å²) in [5, 5.41) is 0. The van der Waals surface area contributed by atoms with Crippen LogP contribution >= 0.6 is 0 Å². The van der Waals surface area contributed by atoms with E-state index in [1.165, 1.54) is 0 Å². The number of imidazole rings is 2. The van der Waals surface area contributed by atoms with Crippen molar-refractivity contribution in [1.82, 2.24) is 19.9 Å². The van der Waals surface area contributed by atoms with Crippen molar-refractivity contribution >= 4 is 0 Å². The van der Waals surface area contributed by atoms with Gasteiger partial charge in [0.25, 0.3) is 0 Å². The number of hydrogen-bond donors (Lipinski definition) is 2. The van der Waals surface area contributed by atoms with E-state index in [0.717, 1.165) is 23.0 Å². The van der Waals surface area contributed by atoms with E-state index in [1.54, 1.807) is 0 Å². The second-order valence-corrected chi connectivity index (χ2v) is 3.30. The molecule has 0 aliphatic rings. The van der Waals surface area contributed by atoms with E-state index >= 15 is 0 Å². The molecule has 0 fully saturated rings. The van der Waals surface area contributed by atoms with Crippen molar-refractivity contribution < 1.29 is 0 Å². The van der Waals surface area contributed by atoms with Crippen molar-refractivity contribution in [2.75, 3.05) is 0 Å². The summed E-state index contributed by atoms with van der Waals surface area (Å²) in [5.41, 5.74) is 2.25. The number of aryl methyl sites for hydroxylation is 4. The smallest absolute Gasteiger partial charge is 0.103 e. The molecule has 16 heavy (non-hydrogen) atoms. The Hall–Kier alpha value is -1.58. The number of nitrogens with one attached hydrogen (secondary N) is 2. The molecule has 2 N–H and O–H groups in total. The number of aromatic amines is 2. The Labute approximate surface area is 98.6 Å². The van der Waals surface area contributed by atoms with Gasteiger partial charge < -0.3 is 9.97 Å². The highest BCUT2D eigenvalue weighted by molar-refractivity contribution is 4.96. The third-order valence-corrected chi connectivity index (χ3v) is 1.66. The topological polar surface area (TPSA) is 57.4 Å². The summed E-state index contributed by atoms with van der Waals surface area (Å²) in [5.74, 6) is 1.97. The lowest BCUT2D eigenvalue weighted by Gasteiger charge is -1.74. The summed E-state index contributed by atoms with van der Waals surface area (Å²) < 4.78 is 0. The minimum absolute atomic E-state index is 0. The second kappa shape index (κ2) is 7.68. The first-order chi connectivity index (χ1) is 6.58. The molecule has 0 aliphatic carbocycles. The van der Waals surface area contributed by atoms with E-state index in [1.807, 2.05) is 40.1 Å². The minimum atomic E-state index is 0. The molecule has 0 unspecified atom stereocenters. The SMILES string of the molecule is C.C.Cc1cnc(C)[nH]1.Cc1cnc(C)[nH]1. The maximum Gasteiger partial charge on any atom is 0.103 e. The van der Waals surface area contributed by atoms with Crippen molar-refractivity contribution in [1.29, 1.82) is 0 Å². The Kier molecular flexibility index (Phi) is 8.08. The molecule has 0 spiro atoms. The van der Waals surface area contributed by atoms with Gasteiger partial charge in [-0.1, -0.05) is 14.9 Å². The van der Waals surface area contributed by atoms with Gasteiger partial charge in [0.2, 0.25) is 0 Å². The zero-order valence-corrected chi connectivity index (χ0v) is 9.05. The Morgan fingerprint density at radius 2 is 1.06 bits per heavy atom. The highest BCUT2D eigenvalue weighted by atomic mass is 14.9. The standard InChI is InChI=1S/2C5H8N2.2CH4/c2*1-4-3-6-5(2)7-4;;/h2*3H,1-2H3,(H,6,7);2*1H4. The van der Waals surface area contributed by atoms with Crippen molar-refractivity contribution in [3.05, 3.63) is 35.4 Å². The van der Waals surface area contributed by atoms with Crippen LogP contribution in [-0.4, -0.2) is 19.9 Å². The molecule has 4 nitrogen and oxygen atoms in total. The van der Waals surface area contributed by atoms with E-state index in [-0.39, 0.29) is 14.9 Å². The average molecular weight is 224 g/mol. The summed E-state index contributed by atoms with van der Waals surface area (Å²) in [6, 6.07) is 0. The van der Waals surface area contributed by atoms with Gasteiger partial charge in [0.15, 0.2) is 0 Å². The average Bonchev–Trinajstić information content (AvgIpc) is 2.63. The van der Waals surface area contributed by atoms with Crippen LogP contribution in [0.4, 0.5) is 0 Å². The number of rotatable bonds is 0. The quantitative estimate of drug-likeness (QED) is 0.721. The predicted molar refractivity (Wildman–Crippen MR) is 69.6 cm³/mol. The van der Waals surface area contributed by atoms with Gasteiger partial charge >= 0.3 is 0 Å². The molecule has 2 aromatic heterocycles. The van der Waals surface area contributed by atoms with Gasteiger partial charge in [-0.2, -0.15) is 0 Å². The monoisotopic (exact) mass is 224 g/mol. The maximum atomic E-state index is 3.96. The van der Waals surface area contributed by atoms with E-state index in [9.17, 15) is 0 Å².